The molecule has 1 aromatic carbocycles. The smallest absolute Gasteiger partial charge is 0.255 e. The number of piperazine rings is 1. The summed E-state index contributed by atoms with van der Waals surface area (Å²) in [7, 11) is 0. The predicted molar refractivity (Wildman–Crippen MR) is 143 cm³/mol. The van der Waals surface area contributed by atoms with Crippen molar-refractivity contribution in [2.45, 2.75) is 44.4 Å². The molecule has 1 aromatic rings. The van der Waals surface area contributed by atoms with Gasteiger partial charge in [-0.3, -0.25) is 24.6 Å². The first-order chi connectivity index (χ1) is 19.0. The Kier molecular flexibility index (Phi) is 7.84. The molecule has 39 heavy (non-hydrogen) atoms. The molecule has 212 valence electrons. The fourth-order valence-electron chi connectivity index (χ4n) is 6.74. The van der Waals surface area contributed by atoms with Crippen LogP contribution in [0.5, 0.6) is 0 Å². The van der Waals surface area contributed by atoms with Gasteiger partial charge in [0.1, 0.15) is 6.04 Å². The lowest BCUT2D eigenvalue weighted by molar-refractivity contribution is -0.136. The monoisotopic (exact) mass is 542 g/mol. The summed E-state index contributed by atoms with van der Waals surface area (Å²) in [6.45, 7) is 10.7. The molecule has 0 aromatic heterocycles. The van der Waals surface area contributed by atoms with Crippen molar-refractivity contribution in [3.8, 4) is 0 Å². The number of carbonyl (C=O) groups excluding carboxylic acids is 3. The van der Waals surface area contributed by atoms with Gasteiger partial charge in [-0.2, -0.15) is 0 Å². The molecule has 0 spiro atoms. The van der Waals surface area contributed by atoms with Crippen molar-refractivity contribution < 1.29 is 23.5 Å². The first-order valence-electron chi connectivity index (χ1n) is 14.4. The molecule has 1 unspecified atom stereocenters. The molecule has 0 radical (unpaired) electrons. The highest BCUT2D eigenvalue weighted by atomic mass is 19.1. The Hall–Kier alpha value is -2.60. The van der Waals surface area contributed by atoms with Crippen LogP contribution in [0.1, 0.15) is 41.6 Å². The van der Waals surface area contributed by atoms with Crippen molar-refractivity contribution in [2.24, 2.45) is 5.92 Å². The number of hydrogen-bond acceptors (Lipinski definition) is 8. The molecule has 0 bridgehead atoms. The van der Waals surface area contributed by atoms with Crippen LogP contribution in [0.25, 0.3) is 0 Å². The molecule has 5 aliphatic heterocycles. The van der Waals surface area contributed by atoms with Crippen molar-refractivity contribution in [2.75, 3.05) is 77.0 Å². The number of piperidine rings is 2. The highest BCUT2D eigenvalue weighted by Gasteiger charge is 2.41. The fraction of sp³-hybridized carbons (Fsp3) is 0.679. The Morgan fingerprint density at radius 2 is 1.69 bits per heavy atom. The summed E-state index contributed by atoms with van der Waals surface area (Å²) in [5.74, 6) is -0.913. The number of amides is 3. The van der Waals surface area contributed by atoms with Gasteiger partial charge < -0.3 is 24.8 Å². The van der Waals surface area contributed by atoms with Gasteiger partial charge in [-0.1, -0.05) is 0 Å². The van der Waals surface area contributed by atoms with Gasteiger partial charge in [0.05, 0.1) is 24.9 Å². The summed E-state index contributed by atoms with van der Waals surface area (Å²) >= 11 is 0. The number of hydrogen-bond donors (Lipinski definition) is 2. The lowest BCUT2D eigenvalue weighted by atomic mass is 9.95. The van der Waals surface area contributed by atoms with Gasteiger partial charge in [0.15, 0.2) is 5.82 Å². The Bertz CT molecular complexity index is 1100. The maximum Gasteiger partial charge on any atom is 0.255 e. The van der Waals surface area contributed by atoms with Crippen molar-refractivity contribution in [3.05, 3.63) is 29.1 Å². The van der Waals surface area contributed by atoms with E-state index in [9.17, 15) is 14.4 Å². The lowest BCUT2D eigenvalue weighted by Crippen LogP contribution is -2.52. The van der Waals surface area contributed by atoms with Crippen LogP contribution in [0.2, 0.25) is 0 Å². The fourth-order valence-corrected chi connectivity index (χ4v) is 6.74. The molecular weight excluding hydrogens is 503 g/mol. The Morgan fingerprint density at radius 1 is 0.949 bits per heavy atom. The van der Waals surface area contributed by atoms with Gasteiger partial charge in [0.2, 0.25) is 11.8 Å². The third kappa shape index (κ3) is 5.68. The van der Waals surface area contributed by atoms with E-state index in [-0.39, 0.29) is 37.0 Å². The Balaban J connectivity index is 0.997. The number of rotatable bonds is 6. The average molecular weight is 543 g/mol. The minimum atomic E-state index is -0.735. The van der Waals surface area contributed by atoms with E-state index < -0.39 is 11.9 Å². The molecule has 6 rings (SSSR count). The number of ether oxygens (including phenoxy) is 1. The zero-order valence-electron chi connectivity index (χ0n) is 22.5. The van der Waals surface area contributed by atoms with Crippen LogP contribution in [0.3, 0.4) is 0 Å². The Labute approximate surface area is 228 Å². The molecule has 10 nitrogen and oxygen atoms in total. The molecule has 0 saturated carbocycles. The third-order valence-electron chi connectivity index (χ3n) is 9.03. The zero-order valence-corrected chi connectivity index (χ0v) is 22.5. The van der Waals surface area contributed by atoms with Gasteiger partial charge >= 0.3 is 0 Å². The standard InChI is InChI=1S/C28H39FN6O4/c29-26-22-18-35(24-3-4-25(36)31-27(24)37)28(38)21(22)1-2-23(26)34-8-5-19(6-9-34)16-32-10-12-33(13-11-32)17-20-15-30-7-14-39-20/h1-2,19-20,24,30H,3-18H2,(H,31,36,37)/t20-,24?/m0/s1. The summed E-state index contributed by atoms with van der Waals surface area (Å²) in [4.78, 5) is 45.4. The molecule has 4 fully saturated rings. The zero-order chi connectivity index (χ0) is 26.9. The minimum absolute atomic E-state index is 0.0615. The molecule has 4 saturated heterocycles. The van der Waals surface area contributed by atoms with Gasteiger partial charge in [-0.05, 0) is 37.3 Å². The van der Waals surface area contributed by atoms with Gasteiger partial charge in [-0.25, -0.2) is 4.39 Å². The van der Waals surface area contributed by atoms with Crippen LogP contribution in [0.15, 0.2) is 12.1 Å². The van der Waals surface area contributed by atoms with Crippen molar-refractivity contribution in [1.29, 1.82) is 0 Å². The predicted octanol–water partition coefficient (Wildman–Crippen LogP) is 0.409. The maximum absolute atomic E-state index is 15.7. The minimum Gasteiger partial charge on any atom is -0.374 e. The number of morpholine rings is 1. The summed E-state index contributed by atoms with van der Waals surface area (Å²) in [5.41, 5.74) is 1.22. The summed E-state index contributed by atoms with van der Waals surface area (Å²) in [6, 6.07) is 2.67. The average Bonchev–Trinajstić information content (AvgIpc) is 3.28. The van der Waals surface area contributed by atoms with Crippen molar-refractivity contribution in [3.63, 3.8) is 0 Å². The second-order valence-corrected chi connectivity index (χ2v) is 11.6. The quantitative estimate of drug-likeness (QED) is 0.499. The summed E-state index contributed by atoms with van der Waals surface area (Å²) in [6.07, 6.45) is 2.78. The number of anilines is 1. The molecular formula is C28H39FN6O4. The first-order valence-corrected chi connectivity index (χ1v) is 14.4. The van der Waals surface area contributed by atoms with E-state index in [1.165, 1.54) is 4.90 Å². The van der Waals surface area contributed by atoms with E-state index in [0.29, 0.717) is 28.8 Å². The molecule has 5 heterocycles. The van der Waals surface area contributed by atoms with Crippen LogP contribution in [0, 0.1) is 11.7 Å². The van der Waals surface area contributed by atoms with E-state index in [0.717, 1.165) is 84.9 Å². The maximum atomic E-state index is 15.7. The molecule has 2 N–H and O–H groups in total. The van der Waals surface area contributed by atoms with Crippen LogP contribution in [-0.2, 0) is 20.9 Å². The molecule has 2 atom stereocenters. The normalized spacial score (nSPS) is 27.7. The highest BCUT2D eigenvalue weighted by Crippen LogP contribution is 2.35. The van der Waals surface area contributed by atoms with Crippen LogP contribution >= 0.6 is 0 Å². The first kappa shape index (κ1) is 26.6. The number of nitrogens with zero attached hydrogens (tertiary/aromatic N) is 4. The third-order valence-corrected chi connectivity index (χ3v) is 9.03. The number of nitrogens with one attached hydrogen (secondary N) is 2. The number of benzene rings is 1. The number of imide groups is 1. The van der Waals surface area contributed by atoms with E-state index >= 15 is 4.39 Å². The van der Waals surface area contributed by atoms with Gasteiger partial charge in [0.25, 0.3) is 5.91 Å². The van der Waals surface area contributed by atoms with Crippen LogP contribution < -0.4 is 15.5 Å². The molecule has 3 amide bonds. The lowest BCUT2D eigenvalue weighted by Gasteiger charge is -2.40. The van der Waals surface area contributed by atoms with Gasteiger partial charge in [-0.15, -0.1) is 0 Å². The van der Waals surface area contributed by atoms with Crippen molar-refractivity contribution in [1.82, 2.24) is 25.3 Å². The SMILES string of the molecule is O=C1CCC(N2Cc3c(ccc(N4CCC(CN5CCN(C[C@@H]6CNCCO6)CC5)CC4)c3F)C2=O)C(=O)N1. The highest BCUT2D eigenvalue weighted by molar-refractivity contribution is 6.05. The largest absolute Gasteiger partial charge is 0.374 e. The van der Waals surface area contributed by atoms with Crippen LogP contribution in [0.4, 0.5) is 10.1 Å². The van der Waals surface area contributed by atoms with Gasteiger partial charge in [0, 0.05) is 83.0 Å². The topological polar surface area (TPSA) is 97.5 Å². The van der Waals surface area contributed by atoms with Crippen molar-refractivity contribution >= 4 is 23.4 Å². The summed E-state index contributed by atoms with van der Waals surface area (Å²) < 4.78 is 21.6. The Morgan fingerprint density at radius 3 is 2.38 bits per heavy atom. The summed E-state index contributed by atoms with van der Waals surface area (Å²) in [5, 5.41) is 5.70. The van der Waals surface area contributed by atoms with E-state index in [1.54, 1.807) is 12.1 Å². The number of fused-ring (bicyclic) bond motifs is 1. The van der Waals surface area contributed by atoms with E-state index in [2.05, 4.69) is 25.3 Å². The van der Waals surface area contributed by atoms with E-state index in [4.69, 9.17) is 4.74 Å². The van der Waals surface area contributed by atoms with E-state index in [1.807, 2.05) is 0 Å². The number of carbonyl (C=O) groups is 3. The molecule has 5 aliphatic rings. The number of halogens is 1. The molecule has 0 aliphatic carbocycles. The van der Waals surface area contributed by atoms with Crippen LogP contribution in [-0.4, -0.2) is 117 Å². The second-order valence-electron chi connectivity index (χ2n) is 11.6. The molecule has 11 heteroatoms. The second kappa shape index (κ2) is 11.5.